The number of rotatable bonds is 7. The first-order chi connectivity index (χ1) is 13.9. The van der Waals surface area contributed by atoms with E-state index in [2.05, 4.69) is 97.6 Å². The smallest absolute Gasteiger partial charge is 0.0218 e. The maximum atomic E-state index is 3.91. The van der Waals surface area contributed by atoms with Gasteiger partial charge in [0.2, 0.25) is 0 Å². The van der Waals surface area contributed by atoms with Crippen LogP contribution in [0.4, 0.5) is 0 Å². The summed E-state index contributed by atoms with van der Waals surface area (Å²) in [6, 6.07) is 32.9. The van der Waals surface area contributed by atoms with Crippen LogP contribution in [0.3, 0.4) is 0 Å². The van der Waals surface area contributed by atoms with Crippen LogP contribution in [0.1, 0.15) is 12.8 Å². The van der Waals surface area contributed by atoms with E-state index >= 15 is 0 Å². The Morgan fingerprint density at radius 1 is 0.714 bits per heavy atom. The van der Waals surface area contributed by atoms with E-state index in [1.807, 2.05) is 6.08 Å². The van der Waals surface area contributed by atoms with Gasteiger partial charge in [-0.25, -0.2) is 0 Å². The van der Waals surface area contributed by atoms with Gasteiger partial charge in [-0.05, 0) is 43.6 Å². The van der Waals surface area contributed by atoms with Crippen molar-refractivity contribution in [3.63, 3.8) is 0 Å². The molecule has 1 aromatic heterocycles. The molecule has 0 bridgehead atoms. The molecule has 2 heteroatoms. The molecular weight excluding hydrogens is 374 g/mol. The molecule has 0 N–H and O–H groups in total. The van der Waals surface area contributed by atoms with Gasteiger partial charge in [-0.2, -0.15) is 0 Å². The van der Waals surface area contributed by atoms with Crippen LogP contribution >= 0.6 is 15.1 Å². The molecule has 0 aliphatic carbocycles. The average molecular weight is 398 g/mol. The van der Waals surface area contributed by atoms with Gasteiger partial charge >= 0.3 is 0 Å². The van der Waals surface area contributed by atoms with Gasteiger partial charge in [-0.1, -0.05) is 104 Å². The maximum Gasteiger partial charge on any atom is 0.0218 e. The summed E-state index contributed by atoms with van der Waals surface area (Å²) < 4.78 is 0. The molecular formula is C26H24P2. The molecule has 0 spiro atoms. The van der Waals surface area contributed by atoms with Crippen LogP contribution in [0, 0.1) is 0 Å². The fraction of sp³-hybridized carbons (Fsp3) is 0.115. The second-order valence-corrected chi connectivity index (χ2v) is 11.2. The molecule has 1 atom stereocenters. The lowest BCUT2D eigenvalue weighted by Crippen LogP contribution is -1.83. The number of hydrogen-bond acceptors (Lipinski definition) is 0. The van der Waals surface area contributed by atoms with Gasteiger partial charge in [0.15, 0.2) is 0 Å². The molecule has 138 valence electrons. The minimum absolute atomic E-state index is 0.255. The summed E-state index contributed by atoms with van der Waals surface area (Å²) in [6.45, 7) is 3.91. The summed E-state index contributed by atoms with van der Waals surface area (Å²) in [7, 11) is 1.22. The van der Waals surface area contributed by atoms with Crippen molar-refractivity contribution in [2.75, 3.05) is 0 Å². The molecule has 0 saturated heterocycles. The van der Waals surface area contributed by atoms with Crippen LogP contribution < -0.4 is 0 Å². The summed E-state index contributed by atoms with van der Waals surface area (Å²) in [4.78, 5) is 0. The third kappa shape index (κ3) is 4.05. The summed E-state index contributed by atoms with van der Waals surface area (Å²) in [5.41, 5.74) is 5.51. The van der Waals surface area contributed by atoms with E-state index in [-0.39, 0.29) is 7.21 Å². The van der Waals surface area contributed by atoms with Crippen LogP contribution in [-0.2, 0) is 6.16 Å². The number of hydrogen-bond donors (Lipinski definition) is 0. The Hall–Kier alpha value is -2.39. The summed E-state index contributed by atoms with van der Waals surface area (Å²) in [5, 5.41) is 3.04. The number of unbranched alkanes of at least 4 members (excludes halogenated alkanes) is 1. The van der Waals surface area contributed by atoms with Crippen molar-refractivity contribution in [1.82, 2.24) is 0 Å². The second-order valence-electron chi connectivity index (χ2n) is 6.82. The maximum absolute atomic E-state index is 3.91. The molecule has 4 rings (SSSR count). The lowest BCUT2D eigenvalue weighted by molar-refractivity contribution is 0.923. The van der Waals surface area contributed by atoms with E-state index < -0.39 is 0 Å². The topological polar surface area (TPSA) is 0 Å². The van der Waals surface area contributed by atoms with E-state index in [4.69, 9.17) is 0 Å². The van der Waals surface area contributed by atoms with Crippen molar-refractivity contribution in [3.05, 3.63) is 104 Å². The van der Waals surface area contributed by atoms with Crippen molar-refractivity contribution < 1.29 is 0 Å². The van der Waals surface area contributed by atoms with E-state index in [1.165, 1.54) is 48.0 Å². The Morgan fingerprint density at radius 2 is 1.25 bits per heavy atom. The lowest BCUT2D eigenvalue weighted by Gasteiger charge is -2.11. The zero-order valence-corrected chi connectivity index (χ0v) is 17.7. The molecule has 1 heterocycles. The van der Waals surface area contributed by atoms with Gasteiger partial charge in [-0.3, -0.25) is 0 Å². The largest absolute Gasteiger partial charge is 0.103 e. The summed E-state index contributed by atoms with van der Waals surface area (Å²) in [5.74, 6) is 0. The monoisotopic (exact) mass is 398 g/mol. The SMILES string of the molecule is C=CCCCp1pc(-c2ccccc2)c(-c2ccccc2)c1-c1ccccc1. The van der Waals surface area contributed by atoms with Crippen LogP contribution in [0.5, 0.6) is 0 Å². The van der Waals surface area contributed by atoms with Crippen molar-refractivity contribution >= 4 is 15.1 Å². The van der Waals surface area contributed by atoms with Crippen molar-refractivity contribution in [1.29, 1.82) is 0 Å². The Labute approximate surface area is 170 Å². The van der Waals surface area contributed by atoms with Gasteiger partial charge < -0.3 is 0 Å². The molecule has 28 heavy (non-hydrogen) atoms. The molecule has 0 nitrogen and oxygen atoms in total. The van der Waals surface area contributed by atoms with Crippen molar-refractivity contribution in [2.45, 2.75) is 19.0 Å². The zero-order valence-electron chi connectivity index (χ0n) is 16.0. The first kappa shape index (κ1) is 18.9. The van der Waals surface area contributed by atoms with E-state index in [1.54, 1.807) is 5.30 Å². The number of aryl methyl sites for hydroxylation is 1. The third-order valence-electron chi connectivity index (χ3n) is 4.89. The minimum Gasteiger partial charge on any atom is -0.103 e. The third-order valence-corrected chi connectivity index (χ3v) is 10.1. The van der Waals surface area contributed by atoms with Crippen LogP contribution in [0.25, 0.3) is 32.8 Å². The molecule has 0 amide bonds. The zero-order chi connectivity index (χ0) is 19.2. The number of allylic oxidation sites excluding steroid dienone is 1. The van der Waals surface area contributed by atoms with Gasteiger partial charge in [-0.15, -0.1) is 6.58 Å². The van der Waals surface area contributed by atoms with Gasteiger partial charge in [0, 0.05) is 16.2 Å². The van der Waals surface area contributed by atoms with E-state index in [9.17, 15) is 0 Å². The standard InChI is InChI=1S/C26H24P2/c1-2-3-13-20-28-26(23-18-11-6-12-19-23)24(21-14-7-4-8-15-21)25(27-28)22-16-9-5-10-17-22/h2,4-12,14-19H,1,3,13,20H2. The fourth-order valence-electron chi connectivity index (χ4n) is 3.57. The molecule has 0 aliphatic rings. The van der Waals surface area contributed by atoms with Gasteiger partial charge in [0.05, 0.1) is 0 Å². The second kappa shape index (κ2) is 9.20. The quantitative estimate of drug-likeness (QED) is 0.215. The molecule has 0 fully saturated rings. The van der Waals surface area contributed by atoms with Crippen molar-refractivity contribution in [2.24, 2.45) is 0 Å². The highest BCUT2D eigenvalue weighted by molar-refractivity contribution is 8.03. The van der Waals surface area contributed by atoms with E-state index in [0.717, 1.165) is 6.42 Å². The number of benzene rings is 3. The average Bonchev–Trinajstić information content (AvgIpc) is 3.15. The summed E-state index contributed by atoms with van der Waals surface area (Å²) >= 11 is 0. The first-order valence-electron chi connectivity index (χ1n) is 9.76. The highest BCUT2D eigenvalue weighted by Gasteiger charge is 2.20. The Kier molecular flexibility index (Phi) is 6.23. The normalized spacial score (nSPS) is 11.6. The summed E-state index contributed by atoms with van der Waals surface area (Å²) in [6.07, 6.45) is 5.61. The first-order valence-corrected chi connectivity index (χ1v) is 12.9. The lowest BCUT2D eigenvalue weighted by atomic mass is 9.98. The van der Waals surface area contributed by atoms with Crippen LogP contribution in [-0.4, -0.2) is 0 Å². The molecule has 3 aromatic carbocycles. The van der Waals surface area contributed by atoms with Crippen LogP contribution in [0.2, 0.25) is 0 Å². The molecule has 0 aliphatic heterocycles. The van der Waals surface area contributed by atoms with E-state index in [0.29, 0.717) is 0 Å². The molecule has 0 saturated carbocycles. The molecule has 1 unspecified atom stereocenters. The van der Waals surface area contributed by atoms with Crippen LogP contribution in [0.15, 0.2) is 104 Å². The fourth-order valence-corrected chi connectivity index (χ4v) is 9.40. The van der Waals surface area contributed by atoms with Gasteiger partial charge in [0.25, 0.3) is 0 Å². The highest BCUT2D eigenvalue weighted by Crippen LogP contribution is 2.62. The van der Waals surface area contributed by atoms with Gasteiger partial charge in [0.1, 0.15) is 0 Å². The highest BCUT2D eigenvalue weighted by atomic mass is 31.9. The predicted molar refractivity (Wildman–Crippen MR) is 127 cm³/mol. The Bertz CT molecular complexity index is 1030. The van der Waals surface area contributed by atoms with Crippen molar-refractivity contribution in [3.8, 4) is 32.8 Å². The Morgan fingerprint density at radius 3 is 1.82 bits per heavy atom. The minimum atomic E-state index is -0.255. The molecule has 4 aromatic rings. The Balaban J connectivity index is 1.97. The molecule has 0 radical (unpaired) electrons. The predicted octanol–water partition coefficient (Wildman–Crippen LogP) is 9.22.